The number of benzene rings is 1. The van der Waals surface area contributed by atoms with E-state index in [-0.39, 0.29) is 10.6 Å². The van der Waals surface area contributed by atoms with Crippen molar-refractivity contribution < 1.29 is 4.43 Å². The molecule has 1 aromatic carbocycles. The molecule has 1 aliphatic rings. The van der Waals surface area contributed by atoms with Crippen molar-refractivity contribution in [1.82, 2.24) is 0 Å². The van der Waals surface area contributed by atoms with E-state index in [9.17, 15) is 0 Å². The predicted molar refractivity (Wildman–Crippen MR) is 94.3 cm³/mol. The third-order valence-electron chi connectivity index (χ3n) is 5.70. The van der Waals surface area contributed by atoms with Crippen molar-refractivity contribution in [2.24, 2.45) is 5.92 Å². The lowest BCUT2D eigenvalue weighted by atomic mass is 9.90. The lowest BCUT2D eigenvalue weighted by Crippen LogP contribution is -2.44. The molecule has 21 heavy (non-hydrogen) atoms. The zero-order chi connectivity index (χ0) is 15.9. The van der Waals surface area contributed by atoms with Crippen LogP contribution in [0.1, 0.15) is 58.9 Å². The molecule has 0 aromatic heterocycles. The van der Waals surface area contributed by atoms with Gasteiger partial charge in [0.15, 0.2) is 8.32 Å². The molecule has 1 aromatic rings. The molecule has 3 atom stereocenters. The molecule has 2 rings (SSSR count). The Morgan fingerprint density at radius 2 is 1.81 bits per heavy atom. The average molecular weight is 305 g/mol. The maximum absolute atomic E-state index is 6.76. The number of rotatable bonds is 5. The summed E-state index contributed by atoms with van der Waals surface area (Å²) in [6.07, 6.45) is 2.41. The Hall–Kier alpha value is -0.603. The van der Waals surface area contributed by atoms with Crippen LogP contribution in [0.5, 0.6) is 0 Å². The van der Waals surface area contributed by atoms with Gasteiger partial charge >= 0.3 is 0 Å². The van der Waals surface area contributed by atoms with Crippen molar-refractivity contribution in [3.8, 4) is 0 Å². The van der Waals surface area contributed by atoms with E-state index in [1.807, 2.05) is 0 Å². The smallest absolute Gasteiger partial charge is 0.192 e. The van der Waals surface area contributed by atoms with Crippen molar-refractivity contribution in [1.29, 1.82) is 0 Å². The lowest BCUT2D eigenvalue weighted by Gasteiger charge is -2.39. The maximum atomic E-state index is 6.76. The van der Waals surface area contributed by atoms with E-state index in [2.05, 4.69) is 78.0 Å². The first kappa shape index (κ1) is 16.8. The largest absolute Gasteiger partial charge is 0.411 e. The molecule has 2 heteroatoms. The van der Waals surface area contributed by atoms with E-state index >= 15 is 0 Å². The van der Waals surface area contributed by atoms with Gasteiger partial charge in [-0.3, -0.25) is 0 Å². The third-order valence-corrected chi connectivity index (χ3v) is 10.3. The van der Waals surface area contributed by atoms with Crippen LogP contribution in [0.3, 0.4) is 0 Å². The van der Waals surface area contributed by atoms with Gasteiger partial charge < -0.3 is 4.43 Å². The number of hydrogen-bond acceptors (Lipinski definition) is 1. The van der Waals surface area contributed by atoms with E-state index < -0.39 is 8.32 Å². The molecule has 118 valence electrons. The summed E-state index contributed by atoms with van der Waals surface area (Å²) in [6, 6.07) is 11.0. The summed E-state index contributed by atoms with van der Waals surface area (Å²) >= 11 is 0. The minimum atomic E-state index is -1.68. The van der Waals surface area contributed by atoms with Crippen molar-refractivity contribution >= 4 is 8.32 Å². The second-order valence-corrected chi connectivity index (χ2v) is 13.1. The first-order valence-corrected chi connectivity index (χ1v) is 11.3. The van der Waals surface area contributed by atoms with Crippen LogP contribution in [0, 0.1) is 5.92 Å². The minimum absolute atomic E-state index is 0.0967. The van der Waals surface area contributed by atoms with Crippen molar-refractivity contribution in [3.63, 3.8) is 0 Å². The topological polar surface area (TPSA) is 9.23 Å². The highest BCUT2D eigenvalue weighted by Gasteiger charge is 2.58. The first-order valence-electron chi connectivity index (χ1n) is 8.36. The highest BCUT2D eigenvalue weighted by Crippen LogP contribution is 2.58. The lowest BCUT2D eigenvalue weighted by molar-refractivity contribution is 0.152. The second-order valence-electron chi connectivity index (χ2n) is 8.41. The Bertz CT molecular complexity index is 474. The highest BCUT2D eigenvalue weighted by molar-refractivity contribution is 6.74. The summed E-state index contributed by atoms with van der Waals surface area (Å²) in [5.74, 6) is 1.32. The van der Waals surface area contributed by atoms with Gasteiger partial charge in [-0.2, -0.15) is 0 Å². The molecule has 2 unspecified atom stereocenters. The van der Waals surface area contributed by atoms with Gasteiger partial charge in [-0.05, 0) is 55.3 Å². The monoisotopic (exact) mass is 304 g/mol. The van der Waals surface area contributed by atoms with Crippen molar-refractivity contribution in [2.45, 2.75) is 77.1 Å². The molecule has 0 aliphatic heterocycles. The zero-order valence-electron chi connectivity index (χ0n) is 14.9. The van der Waals surface area contributed by atoms with Crippen LogP contribution in [0.15, 0.2) is 30.3 Å². The molecule has 0 heterocycles. The fourth-order valence-corrected chi connectivity index (χ4v) is 4.96. The molecule has 0 amide bonds. The summed E-state index contributed by atoms with van der Waals surface area (Å²) in [7, 11) is -1.68. The van der Waals surface area contributed by atoms with Crippen LogP contribution in [-0.2, 0) is 4.43 Å². The Balaban J connectivity index is 2.12. The van der Waals surface area contributed by atoms with E-state index in [0.29, 0.717) is 11.8 Å². The minimum Gasteiger partial charge on any atom is -0.411 e. The Morgan fingerprint density at radius 3 is 2.29 bits per heavy atom. The Labute approximate surface area is 132 Å². The van der Waals surface area contributed by atoms with Gasteiger partial charge in [-0.1, -0.05) is 58.0 Å². The third kappa shape index (κ3) is 3.43. The normalized spacial score (nSPS) is 27.5. The zero-order valence-corrected chi connectivity index (χ0v) is 15.9. The average Bonchev–Trinajstić information content (AvgIpc) is 3.00. The molecule has 1 saturated carbocycles. The quantitative estimate of drug-likeness (QED) is 0.608. The molecule has 0 N–H and O–H groups in total. The molecule has 1 fully saturated rings. The highest BCUT2D eigenvalue weighted by atomic mass is 28.4. The van der Waals surface area contributed by atoms with Crippen LogP contribution in [0.25, 0.3) is 0 Å². The predicted octanol–water partition coefficient (Wildman–Crippen LogP) is 5.98. The first-order chi connectivity index (χ1) is 9.61. The molecule has 0 radical (unpaired) electrons. The van der Waals surface area contributed by atoms with Crippen LogP contribution in [-0.4, -0.2) is 13.9 Å². The van der Waals surface area contributed by atoms with Crippen molar-refractivity contribution in [2.75, 3.05) is 0 Å². The molecule has 0 spiro atoms. The standard InChI is InChI=1S/C19H32OSi/c1-8-16(15-12-10-9-11-13-15)17-14-19(17,5)20-21(6,7)18(2,3)4/h9-13,16-17H,8,14H2,1-7H3/t16-,17?,19?/m0/s1. The van der Waals surface area contributed by atoms with Gasteiger partial charge in [0.25, 0.3) is 0 Å². The molecule has 1 aliphatic carbocycles. The fraction of sp³-hybridized carbons (Fsp3) is 0.684. The van der Waals surface area contributed by atoms with Gasteiger partial charge in [-0.15, -0.1) is 0 Å². The summed E-state index contributed by atoms with van der Waals surface area (Å²) in [5.41, 5.74) is 1.58. The van der Waals surface area contributed by atoms with Crippen LogP contribution >= 0.6 is 0 Å². The second kappa shape index (κ2) is 5.55. The molecule has 0 bridgehead atoms. The summed E-state index contributed by atoms with van der Waals surface area (Å²) in [4.78, 5) is 0. The molecular formula is C19H32OSi. The molecule has 0 saturated heterocycles. The molecular weight excluding hydrogens is 272 g/mol. The Kier molecular flexibility index (Phi) is 4.43. The van der Waals surface area contributed by atoms with Gasteiger partial charge in [0.05, 0.1) is 5.60 Å². The van der Waals surface area contributed by atoms with Gasteiger partial charge in [-0.25, -0.2) is 0 Å². The van der Waals surface area contributed by atoms with Gasteiger partial charge in [0.2, 0.25) is 0 Å². The van der Waals surface area contributed by atoms with Crippen LogP contribution in [0.4, 0.5) is 0 Å². The van der Waals surface area contributed by atoms with Gasteiger partial charge in [0.1, 0.15) is 0 Å². The summed E-state index contributed by atoms with van der Waals surface area (Å²) in [6.45, 7) is 16.4. The van der Waals surface area contributed by atoms with Crippen LogP contribution in [0.2, 0.25) is 18.1 Å². The van der Waals surface area contributed by atoms with E-state index in [4.69, 9.17) is 4.43 Å². The fourth-order valence-electron chi connectivity index (χ4n) is 3.25. The van der Waals surface area contributed by atoms with E-state index in [1.54, 1.807) is 0 Å². The summed E-state index contributed by atoms with van der Waals surface area (Å²) < 4.78 is 6.76. The summed E-state index contributed by atoms with van der Waals surface area (Å²) in [5, 5.41) is 0.289. The van der Waals surface area contributed by atoms with Crippen molar-refractivity contribution in [3.05, 3.63) is 35.9 Å². The SMILES string of the molecule is CC[C@@H](c1ccccc1)C1CC1(C)O[Si](C)(C)C(C)(C)C. The number of hydrogen-bond donors (Lipinski definition) is 0. The van der Waals surface area contributed by atoms with Gasteiger partial charge in [0, 0.05) is 0 Å². The maximum Gasteiger partial charge on any atom is 0.192 e. The Morgan fingerprint density at radius 1 is 1.24 bits per heavy atom. The molecule has 1 nitrogen and oxygen atoms in total. The van der Waals surface area contributed by atoms with Crippen LogP contribution < -0.4 is 0 Å². The van der Waals surface area contributed by atoms with E-state index in [0.717, 1.165) is 0 Å². The van der Waals surface area contributed by atoms with E-state index in [1.165, 1.54) is 18.4 Å².